The largest absolute Gasteiger partial charge is 0.355 e. The number of guanidine groups is 1. The second-order valence-corrected chi connectivity index (χ2v) is 7.39. The number of nitrogens with one attached hydrogen (secondary N) is 3. The van der Waals surface area contributed by atoms with Crippen LogP contribution in [0.2, 0.25) is 0 Å². The Kier molecular flexibility index (Phi) is 7.43. The summed E-state index contributed by atoms with van der Waals surface area (Å²) in [4.78, 5) is 4.10. The Morgan fingerprint density at radius 2 is 1.44 bits per heavy atom. The summed E-state index contributed by atoms with van der Waals surface area (Å²) in [6.07, 6.45) is 0. The zero-order chi connectivity index (χ0) is 18.0. The lowest BCUT2D eigenvalue weighted by Gasteiger charge is -2.12. The van der Waals surface area contributed by atoms with Crippen molar-refractivity contribution in [2.75, 3.05) is 19.3 Å². The molecule has 0 saturated heterocycles. The molecule has 2 rings (SSSR count). The van der Waals surface area contributed by atoms with E-state index >= 15 is 0 Å². The van der Waals surface area contributed by atoms with E-state index in [1.807, 2.05) is 60.7 Å². The highest BCUT2D eigenvalue weighted by molar-refractivity contribution is 7.89. The van der Waals surface area contributed by atoms with Gasteiger partial charge in [0.15, 0.2) is 5.96 Å². The Morgan fingerprint density at radius 3 is 2.00 bits per heavy atom. The molecule has 7 heteroatoms. The fourth-order valence-electron chi connectivity index (χ4n) is 2.17. The maximum absolute atomic E-state index is 12.0. The standard InChI is InChI=1S/C18H24N4O2S/c1-19-18(21-14-16-8-4-2-5-9-16)20-12-13-25(23,24)22-15-17-10-6-3-7-11-17/h2-11,22H,12-15H2,1H3,(H2,19,20,21). The molecule has 0 heterocycles. The van der Waals surface area contributed by atoms with Crippen molar-refractivity contribution < 1.29 is 8.42 Å². The molecule has 0 amide bonds. The van der Waals surface area contributed by atoms with Crippen molar-refractivity contribution in [3.05, 3.63) is 71.8 Å². The van der Waals surface area contributed by atoms with E-state index in [1.165, 1.54) is 0 Å². The van der Waals surface area contributed by atoms with E-state index in [2.05, 4.69) is 20.3 Å². The number of hydrogen-bond donors (Lipinski definition) is 3. The first-order valence-corrected chi connectivity index (χ1v) is 9.74. The van der Waals surface area contributed by atoms with Crippen LogP contribution in [0.1, 0.15) is 11.1 Å². The lowest BCUT2D eigenvalue weighted by atomic mass is 10.2. The first kappa shape index (κ1) is 19.0. The normalized spacial score (nSPS) is 12.0. The highest BCUT2D eigenvalue weighted by atomic mass is 32.2. The molecule has 0 aliphatic carbocycles. The summed E-state index contributed by atoms with van der Waals surface area (Å²) in [6, 6.07) is 19.4. The van der Waals surface area contributed by atoms with Gasteiger partial charge >= 0.3 is 0 Å². The van der Waals surface area contributed by atoms with E-state index in [0.717, 1.165) is 11.1 Å². The van der Waals surface area contributed by atoms with Crippen LogP contribution in [0.15, 0.2) is 65.7 Å². The van der Waals surface area contributed by atoms with Crippen molar-refractivity contribution in [3.8, 4) is 0 Å². The maximum Gasteiger partial charge on any atom is 0.213 e. The van der Waals surface area contributed by atoms with Crippen LogP contribution in [-0.2, 0) is 23.1 Å². The van der Waals surface area contributed by atoms with Gasteiger partial charge in [0.1, 0.15) is 0 Å². The zero-order valence-corrected chi connectivity index (χ0v) is 15.1. The van der Waals surface area contributed by atoms with Crippen LogP contribution in [0.4, 0.5) is 0 Å². The molecule has 0 aromatic heterocycles. The van der Waals surface area contributed by atoms with Gasteiger partial charge in [-0.3, -0.25) is 4.99 Å². The molecule has 134 valence electrons. The van der Waals surface area contributed by atoms with E-state index in [-0.39, 0.29) is 12.3 Å². The van der Waals surface area contributed by atoms with Crippen molar-refractivity contribution in [2.45, 2.75) is 13.1 Å². The molecule has 0 bridgehead atoms. The van der Waals surface area contributed by atoms with Crippen molar-refractivity contribution in [2.24, 2.45) is 4.99 Å². The van der Waals surface area contributed by atoms with Gasteiger partial charge in [0.25, 0.3) is 0 Å². The molecule has 0 unspecified atom stereocenters. The van der Waals surface area contributed by atoms with Crippen LogP contribution in [0.5, 0.6) is 0 Å². The maximum atomic E-state index is 12.0. The zero-order valence-electron chi connectivity index (χ0n) is 14.3. The third-order valence-electron chi connectivity index (χ3n) is 3.53. The SMILES string of the molecule is CN=C(NCCS(=O)(=O)NCc1ccccc1)NCc1ccccc1. The second-order valence-electron chi connectivity index (χ2n) is 5.46. The first-order valence-electron chi connectivity index (χ1n) is 8.09. The van der Waals surface area contributed by atoms with Gasteiger partial charge in [0, 0.05) is 26.7 Å². The number of sulfonamides is 1. The third kappa shape index (κ3) is 7.36. The van der Waals surface area contributed by atoms with Crippen LogP contribution in [0, 0.1) is 0 Å². The van der Waals surface area contributed by atoms with Crippen LogP contribution >= 0.6 is 0 Å². The minimum atomic E-state index is -3.35. The molecule has 2 aromatic carbocycles. The van der Waals surface area contributed by atoms with E-state index in [1.54, 1.807) is 7.05 Å². The summed E-state index contributed by atoms with van der Waals surface area (Å²) < 4.78 is 26.7. The number of benzene rings is 2. The minimum Gasteiger partial charge on any atom is -0.355 e. The van der Waals surface area contributed by atoms with Gasteiger partial charge in [-0.2, -0.15) is 0 Å². The molecule has 3 N–H and O–H groups in total. The minimum absolute atomic E-state index is 0.0220. The average Bonchev–Trinajstić information content (AvgIpc) is 2.64. The van der Waals surface area contributed by atoms with Gasteiger partial charge in [-0.1, -0.05) is 60.7 Å². The van der Waals surface area contributed by atoms with Crippen molar-refractivity contribution in [1.29, 1.82) is 0 Å². The predicted octanol–water partition coefficient (Wildman–Crippen LogP) is 1.47. The summed E-state index contributed by atoms with van der Waals surface area (Å²) in [5.41, 5.74) is 2.06. The molecule has 0 fully saturated rings. The Bertz CT molecular complexity index is 762. The topological polar surface area (TPSA) is 82.6 Å². The van der Waals surface area contributed by atoms with Crippen molar-refractivity contribution in [3.63, 3.8) is 0 Å². The smallest absolute Gasteiger partial charge is 0.213 e. The highest BCUT2D eigenvalue weighted by Gasteiger charge is 2.10. The fourth-order valence-corrected chi connectivity index (χ4v) is 3.07. The molecule has 0 spiro atoms. The monoisotopic (exact) mass is 360 g/mol. The molecule has 0 saturated carbocycles. The fraction of sp³-hybridized carbons (Fsp3) is 0.278. The van der Waals surface area contributed by atoms with Gasteiger partial charge < -0.3 is 10.6 Å². The van der Waals surface area contributed by atoms with Gasteiger partial charge in [-0.15, -0.1) is 0 Å². The number of hydrogen-bond acceptors (Lipinski definition) is 3. The number of nitrogens with zero attached hydrogens (tertiary/aromatic N) is 1. The Labute approximate surface area is 149 Å². The van der Waals surface area contributed by atoms with Crippen LogP contribution in [0.3, 0.4) is 0 Å². The Morgan fingerprint density at radius 1 is 0.880 bits per heavy atom. The second kappa shape index (κ2) is 9.80. The number of aliphatic imine (C=N–C) groups is 1. The average molecular weight is 360 g/mol. The molecule has 0 radical (unpaired) electrons. The molecular weight excluding hydrogens is 336 g/mol. The van der Waals surface area contributed by atoms with E-state index in [0.29, 0.717) is 19.0 Å². The lowest BCUT2D eigenvalue weighted by Crippen LogP contribution is -2.40. The van der Waals surface area contributed by atoms with Crippen molar-refractivity contribution >= 4 is 16.0 Å². The van der Waals surface area contributed by atoms with Gasteiger partial charge in [0.05, 0.1) is 5.75 Å². The van der Waals surface area contributed by atoms with Crippen LogP contribution in [-0.4, -0.2) is 33.7 Å². The summed E-state index contributed by atoms with van der Waals surface area (Å²) >= 11 is 0. The van der Waals surface area contributed by atoms with Gasteiger partial charge in [0.2, 0.25) is 10.0 Å². The molecule has 0 aliphatic rings. The molecule has 25 heavy (non-hydrogen) atoms. The van der Waals surface area contributed by atoms with Crippen molar-refractivity contribution in [1.82, 2.24) is 15.4 Å². The van der Waals surface area contributed by atoms with E-state index < -0.39 is 10.0 Å². The Balaban J connectivity index is 1.72. The van der Waals surface area contributed by atoms with E-state index in [4.69, 9.17) is 0 Å². The summed E-state index contributed by atoms with van der Waals surface area (Å²) in [5, 5.41) is 6.17. The molecule has 0 aliphatic heterocycles. The summed E-state index contributed by atoms with van der Waals surface area (Å²) in [5.74, 6) is 0.549. The molecule has 0 atom stereocenters. The highest BCUT2D eigenvalue weighted by Crippen LogP contribution is 1.99. The molecular formula is C18H24N4O2S. The van der Waals surface area contributed by atoms with Gasteiger partial charge in [-0.25, -0.2) is 13.1 Å². The third-order valence-corrected chi connectivity index (χ3v) is 4.85. The van der Waals surface area contributed by atoms with Crippen LogP contribution in [0.25, 0.3) is 0 Å². The predicted molar refractivity (Wildman–Crippen MR) is 102 cm³/mol. The lowest BCUT2D eigenvalue weighted by molar-refractivity contribution is 0.580. The van der Waals surface area contributed by atoms with Crippen LogP contribution < -0.4 is 15.4 Å². The summed E-state index contributed by atoms with van der Waals surface area (Å²) in [6.45, 7) is 1.20. The molecule has 6 nitrogen and oxygen atoms in total. The van der Waals surface area contributed by atoms with E-state index in [9.17, 15) is 8.42 Å². The first-order chi connectivity index (χ1) is 12.1. The van der Waals surface area contributed by atoms with Gasteiger partial charge in [-0.05, 0) is 11.1 Å². The molecule has 2 aromatic rings. The summed E-state index contributed by atoms with van der Waals surface area (Å²) in [7, 11) is -1.69. The Hall–Kier alpha value is -2.38. The number of rotatable bonds is 8. The quantitative estimate of drug-likeness (QED) is 0.492.